The molecule has 0 bridgehead atoms. The summed E-state index contributed by atoms with van der Waals surface area (Å²) in [7, 11) is 0. The number of hydrogen-bond donors (Lipinski definition) is 2. The summed E-state index contributed by atoms with van der Waals surface area (Å²) in [6, 6.07) is 0.326. The van der Waals surface area contributed by atoms with E-state index in [0.717, 1.165) is 12.8 Å². The molecule has 1 saturated carbocycles. The minimum absolute atomic E-state index is 0.147. The van der Waals surface area contributed by atoms with Gasteiger partial charge in [0.05, 0.1) is 0 Å². The van der Waals surface area contributed by atoms with E-state index < -0.39 is 0 Å². The zero-order valence-corrected chi connectivity index (χ0v) is 8.53. The van der Waals surface area contributed by atoms with Crippen LogP contribution in [0.3, 0.4) is 0 Å². The van der Waals surface area contributed by atoms with Crippen LogP contribution in [0.2, 0.25) is 0 Å². The summed E-state index contributed by atoms with van der Waals surface area (Å²) >= 11 is 0. The zero-order chi connectivity index (χ0) is 10.7. The van der Waals surface area contributed by atoms with E-state index in [-0.39, 0.29) is 5.91 Å². The molecule has 0 aliphatic heterocycles. The summed E-state index contributed by atoms with van der Waals surface area (Å²) in [6.45, 7) is 0.476. The number of hydrogen-bond acceptors (Lipinski definition) is 4. The van der Waals surface area contributed by atoms with Crippen molar-refractivity contribution in [2.75, 3.05) is 6.54 Å². The average Bonchev–Trinajstić information content (AvgIpc) is 2.60. The second kappa shape index (κ2) is 4.44. The van der Waals surface area contributed by atoms with Gasteiger partial charge in [0.2, 0.25) is 0 Å². The van der Waals surface area contributed by atoms with Gasteiger partial charge in [0, 0.05) is 19.0 Å². The van der Waals surface area contributed by atoms with Gasteiger partial charge in [0.25, 0.3) is 5.91 Å². The van der Waals surface area contributed by atoms with E-state index in [4.69, 9.17) is 10.2 Å². The van der Waals surface area contributed by atoms with Crippen molar-refractivity contribution in [2.45, 2.75) is 31.7 Å². The van der Waals surface area contributed by atoms with Crippen molar-refractivity contribution >= 4 is 5.91 Å². The molecule has 1 amide bonds. The third-order valence-corrected chi connectivity index (χ3v) is 2.58. The molecule has 0 aromatic carbocycles. The molecular weight excluding hydrogens is 194 g/mol. The lowest BCUT2D eigenvalue weighted by molar-refractivity contribution is 0.0912. The first-order valence-electron chi connectivity index (χ1n) is 5.25. The molecule has 1 aliphatic carbocycles. The van der Waals surface area contributed by atoms with Crippen molar-refractivity contribution < 1.29 is 9.21 Å². The maximum Gasteiger partial charge on any atom is 0.273 e. The predicted molar refractivity (Wildman–Crippen MR) is 54.4 cm³/mol. The molecule has 1 heterocycles. The van der Waals surface area contributed by atoms with Crippen LogP contribution < -0.4 is 11.1 Å². The van der Waals surface area contributed by atoms with Gasteiger partial charge in [-0.3, -0.25) is 4.79 Å². The Morgan fingerprint density at radius 1 is 1.67 bits per heavy atom. The molecule has 0 saturated heterocycles. The van der Waals surface area contributed by atoms with Crippen molar-refractivity contribution in [1.29, 1.82) is 0 Å². The smallest absolute Gasteiger partial charge is 0.273 e. The van der Waals surface area contributed by atoms with Gasteiger partial charge in [0.1, 0.15) is 6.26 Å². The van der Waals surface area contributed by atoms with Gasteiger partial charge in [-0.25, -0.2) is 4.98 Å². The van der Waals surface area contributed by atoms with E-state index >= 15 is 0 Å². The highest BCUT2D eigenvalue weighted by atomic mass is 16.3. The molecule has 82 valence electrons. The van der Waals surface area contributed by atoms with E-state index in [1.54, 1.807) is 0 Å². The molecule has 1 aromatic rings. The van der Waals surface area contributed by atoms with E-state index in [2.05, 4.69) is 10.3 Å². The topological polar surface area (TPSA) is 81.1 Å². The first kappa shape index (κ1) is 10.2. The molecular formula is C10H15N3O2. The number of oxazole rings is 1. The van der Waals surface area contributed by atoms with Crippen LogP contribution in [-0.2, 0) is 6.42 Å². The highest BCUT2D eigenvalue weighted by Gasteiger charge is 2.21. The molecule has 5 nitrogen and oxygen atoms in total. The molecule has 0 atom stereocenters. The molecule has 1 fully saturated rings. The maximum atomic E-state index is 11.6. The molecule has 1 aliphatic rings. The van der Waals surface area contributed by atoms with Gasteiger partial charge < -0.3 is 15.5 Å². The number of carbonyl (C=O) groups excluding carboxylic acids is 1. The molecule has 0 radical (unpaired) electrons. The van der Waals surface area contributed by atoms with Gasteiger partial charge >= 0.3 is 0 Å². The number of amides is 1. The number of carbonyl (C=O) groups is 1. The van der Waals surface area contributed by atoms with Gasteiger partial charge in [0.15, 0.2) is 11.6 Å². The lowest BCUT2D eigenvalue weighted by Gasteiger charge is -2.25. The van der Waals surface area contributed by atoms with Crippen molar-refractivity contribution in [3.63, 3.8) is 0 Å². The van der Waals surface area contributed by atoms with E-state index in [1.165, 1.54) is 12.7 Å². The number of nitrogens with two attached hydrogens (primary N) is 1. The number of aromatic nitrogens is 1. The highest BCUT2D eigenvalue weighted by molar-refractivity contribution is 5.92. The van der Waals surface area contributed by atoms with Gasteiger partial charge in [-0.15, -0.1) is 0 Å². The van der Waals surface area contributed by atoms with Crippen molar-refractivity contribution in [3.8, 4) is 0 Å². The first-order chi connectivity index (χ1) is 7.29. The van der Waals surface area contributed by atoms with E-state index in [0.29, 0.717) is 30.6 Å². The predicted octanol–water partition coefficient (Wildman–Crippen LogP) is 0.458. The fourth-order valence-corrected chi connectivity index (χ4v) is 1.47. The molecule has 2 rings (SSSR count). The minimum atomic E-state index is -0.147. The standard InChI is InChI=1S/C10H15N3O2/c11-5-4-9-13-8(6-15-9)10(14)12-7-2-1-3-7/h6-7H,1-5,11H2,(H,12,14). The quantitative estimate of drug-likeness (QED) is 0.754. The van der Waals surface area contributed by atoms with Crippen molar-refractivity contribution in [2.24, 2.45) is 5.73 Å². The number of nitrogens with zero attached hydrogens (tertiary/aromatic N) is 1. The molecule has 1 aromatic heterocycles. The number of nitrogens with one attached hydrogen (secondary N) is 1. The van der Waals surface area contributed by atoms with Crippen LogP contribution >= 0.6 is 0 Å². The normalized spacial score (nSPS) is 16.1. The average molecular weight is 209 g/mol. The van der Waals surface area contributed by atoms with Crippen LogP contribution in [-0.4, -0.2) is 23.5 Å². The second-order valence-electron chi connectivity index (χ2n) is 3.77. The lowest BCUT2D eigenvalue weighted by Crippen LogP contribution is -2.39. The Kier molecular flexibility index (Phi) is 3.01. The first-order valence-corrected chi connectivity index (χ1v) is 5.25. The maximum absolute atomic E-state index is 11.6. The van der Waals surface area contributed by atoms with Crippen LogP contribution in [0.4, 0.5) is 0 Å². The third kappa shape index (κ3) is 2.36. The Labute approximate surface area is 88.0 Å². The van der Waals surface area contributed by atoms with Crippen molar-refractivity contribution in [3.05, 3.63) is 17.8 Å². The Hall–Kier alpha value is -1.36. The fourth-order valence-electron chi connectivity index (χ4n) is 1.47. The van der Waals surface area contributed by atoms with Gasteiger partial charge in [-0.1, -0.05) is 0 Å². The molecule has 0 unspecified atom stereocenters. The SMILES string of the molecule is NCCc1nc(C(=O)NC2CCC2)co1. The van der Waals surface area contributed by atoms with Gasteiger partial charge in [-0.2, -0.15) is 0 Å². The molecule has 3 N–H and O–H groups in total. The summed E-state index contributed by atoms with van der Waals surface area (Å²) < 4.78 is 5.11. The zero-order valence-electron chi connectivity index (χ0n) is 8.53. The van der Waals surface area contributed by atoms with Gasteiger partial charge in [-0.05, 0) is 19.3 Å². The van der Waals surface area contributed by atoms with Crippen LogP contribution in [0.5, 0.6) is 0 Å². The summed E-state index contributed by atoms with van der Waals surface area (Å²) in [5.74, 6) is 0.378. The molecule has 15 heavy (non-hydrogen) atoms. The number of rotatable bonds is 4. The Balaban J connectivity index is 1.92. The lowest BCUT2D eigenvalue weighted by atomic mass is 9.93. The Bertz CT molecular complexity index is 344. The van der Waals surface area contributed by atoms with Crippen LogP contribution in [0.15, 0.2) is 10.7 Å². The summed E-state index contributed by atoms with van der Waals surface area (Å²) in [4.78, 5) is 15.7. The summed E-state index contributed by atoms with van der Waals surface area (Å²) in [5.41, 5.74) is 5.71. The van der Waals surface area contributed by atoms with Crippen molar-refractivity contribution in [1.82, 2.24) is 10.3 Å². The van der Waals surface area contributed by atoms with E-state index in [9.17, 15) is 4.79 Å². The fraction of sp³-hybridized carbons (Fsp3) is 0.600. The minimum Gasteiger partial charge on any atom is -0.448 e. The monoisotopic (exact) mass is 209 g/mol. The highest BCUT2D eigenvalue weighted by Crippen LogP contribution is 2.18. The second-order valence-corrected chi connectivity index (χ2v) is 3.77. The largest absolute Gasteiger partial charge is 0.448 e. The van der Waals surface area contributed by atoms with Crippen LogP contribution in [0, 0.1) is 0 Å². The summed E-state index contributed by atoms with van der Waals surface area (Å²) in [6.07, 6.45) is 5.29. The Morgan fingerprint density at radius 3 is 3.07 bits per heavy atom. The summed E-state index contributed by atoms with van der Waals surface area (Å²) in [5, 5.41) is 2.90. The molecule has 5 heteroatoms. The van der Waals surface area contributed by atoms with Crippen LogP contribution in [0.25, 0.3) is 0 Å². The molecule has 0 spiro atoms. The Morgan fingerprint density at radius 2 is 2.47 bits per heavy atom. The van der Waals surface area contributed by atoms with Crippen LogP contribution in [0.1, 0.15) is 35.6 Å². The van der Waals surface area contributed by atoms with E-state index in [1.807, 2.05) is 0 Å². The third-order valence-electron chi connectivity index (χ3n) is 2.58.